The van der Waals surface area contributed by atoms with E-state index in [0.29, 0.717) is 5.75 Å². The molecule has 3 N–H and O–H groups in total. The van der Waals surface area contributed by atoms with Crippen LogP contribution in [0.25, 0.3) is 0 Å². The lowest BCUT2D eigenvalue weighted by Gasteiger charge is -2.17. The second-order valence-electron chi connectivity index (χ2n) is 3.98. The Balaban J connectivity index is 3.23. The van der Waals surface area contributed by atoms with Gasteiger partial charge < -0.3 is 10.2 Å². The lowest BCUT2D eigenvalue weighted by molar-refractivity contribution is 0.435. The lowest BCUT2D eigenvalue weighted by atomic mass is 9.86. The van der Waals surface area contributed by atoms with Gasteiger partial charge in [0.05, 0.1) is 5.56 Å². The predicted octanol–water partition coefficient (Wildman–Crippen LogP) is 2.13. The minimum Gasteiger partial charge on any atom is -0.593 e. The Bertz CT molecular complexity index is 284. The normalized spacial score (nSPS) is 11.6. The van der Waals surface area contributed by atoms with E-state index >= 15 is 0 Å². The van der Waals surface area contributed by atoms with Crippen LogP contribution < -0.4 is 0 Å². The van der Waals surface area contributed by atoms with Crippen molar-refractivity contribution in [2.75, 3.05) is 0 Å². The molecule has 0 fully saturated rings. The number of hydrogen-bond acceptors (Lipinski definition) is 1. The Morgan fingerprint density at radius 1 is 1.25 bits per heavy atom. The standard InChI is InChI=1S/C10H14O2/c1-10(2,3)8-6-7(11)4-5-9(8)12/h4-6,11-12H,1-3H3/p+1. The Kier molecular flexibility index (Phi) is 2.01. The Labute approximate surface area is 72.5 Å². The quantitative estimate of drug-likeness (QED) is 0.591. The van der Waals surface area contributed by atoms with E-state index in [1.165, 1.54) is 6.07 Å². The van der Waals surface area contributed by atoms with Gasteiger partial charge in [-0.05, 0) is 17.5 Å². The van der Waals surface area contributed by atoms with E-state index < -0.39 is 0 Å². The van der Waals surface area contributed by atoms with Crippen molar-refractivity contribution in [2.24, 2.45) is 0 Å². The molecule has 2 nitrogen and oxygen atoms in total. The first-order valence-corrected chi connectivity index (χ1v) is 3.96. The zero-order valence-electron chi connectivity index (χ0n) is 7.68. The number of phenolic OH excluding ortho intramolecular Hbond substituents is 1. The van der Waals surface area contributed by atoms with Gasteiger partial charge in [-0.1, -0.05) is 20.8 Å². The molecule has 0 amide bonds. The van der Waals surface area contributed by atoms with Crippen molar-refractivity contribution >= 4 is 0 Å². The highest BCUT2D eigenvalue weighted by molar-refractivity contribution is 5.42. The summed E-state index contributed by atoms with van der Waals surface area (Å²) in [6, 6.07) is 4.82. The molecule has 66 valence electrons. The van der Waals surface area contributed by atoms with Gasteiger partial charge >= 0.3 is 0 Å². The maximum atomic E-state index is 9.22. The molecular weight excluding hydrogens is 152 g/mol. The fraction of sp³-hybridized carbons (Fsp3) is 0.400. The summed E-state index contributed by atoms with van der Waals surface area (Å²) >= 11 is 0. The summed E-state index contributed by atoms with van der Waals surface area (Å²) in [6.07, 6.45) is 0. The van der Waals surface area contributed by atoms with Crippen molar-refractivity contribution in [1.29, 1.82) is 0 Å². The maximum Gasteiger partial charge on any atom is 0.257 e. The van der Waals surface area contributed by atoms with Crippen molar-refractivity contribution in [2.45, 2.75) is 26.2 Å². The van der Waals surface area contributed by atoms with Gasteiger partial charge in [-0.3, -0.25) is 0 Å². The largest absolute Gasteiger partial charge is 0.593 e. The Morgan fingerprint density at radius 3 is 2.25 bits per heavy atom. The summed E-state index contributed by atoms with van der Waals surface area (Å²) in [6.45, 7) is 6.08. The number of aromatic hydroxyl groups is 1. The van der Waals surface area contributed by atoms with E-state index in [9.17, 15) is 5.11 Å². The second-order valence-corrected chi connectivity index (χ2v) is 3.98. The smallest absolute Gasteiger partial charge is 0.257 e. The van der Waals surface area contributed by atoms with Crippen molar-refractivity contribution in [1.82, 2.24) is 0 Å². The molecule has 1 rings (SSSR count). The predicted molar refractivity (Wildman–Crippen MR) is 49.9 cm³/mol. The van der Waals surface area contributed by atoms with Crippen molar-refractivity contribution in [3.63, 3.8) is 0 Å². The molecule has 0 aliphatic rings. The van der Waals surface area contributed by atoms with Gasteiger partial charge in [0.1, 0.15) is 5.75 Å². The summed E-state index contributed by atoms with van der Waals surface area (Å²) < 4.78 is 0. The van der Waals surface area contributed by atoms with Crippen molar-refractivity contribution in [3.8, 4) is 11.5 Å². The first kappa shape index (κ1) is 8.91. The van der Waals surface area contributed by atoms with Crippen molar-refractivity contribution < 1.29 is 10.2 Å². The van der Waals surface area contributed by atoms with Crippen LogP contribution in [0.5, 0.6) is 11.5 Å². The van der Waals surface area contributed by atoms with Crippen LogP contribution in [-0.4, -0.2) is 10.2 Å². The van der Waals surface area contributed by atoms with Gasteiger partial charge in [0.25, 0.3) is 5.75 Å². The highest BCUT2D eigenvalue weighted by Crippen LogP contribution is 2.32. The third kappa shape index (κ3) is 1.70. The van der Waals surface area contributed by atoms with E-state index in [2.05, 4.69) is 0 Å². The SMILES string of the molecule is CC(C)(C)c1cc(O)ccc1[OH2+]. The summed E-state index contributed by atoms with van der Waals surface area (Å²) in [4.78, 5) is 0. The van der Waals surface area contributed by atoms with Crippen LogP contribution in [0.2, 0.25) is 0 Å². The minimum atomic E-state index is -0.0736. The molecule has 0 spiro atoms. The van der Waals surface area contributed by atoms with E-state index in [1.807, 2.05) is 20.8 Å². The van der Waals surface area contributed by atoms with E-state index in [4.69, 9.17) is 5.11 Å². The minimum absolute atomic E-state index is 0.0736. The van der Waals surface area contributed by atoms with Gasteiger partial charge in [0.15, 0.2) is 0 Å². The Morgan fingerprint density at radius 2 is 1.83 bits per heavy atom. The van der Waals surface area contributed by atoms with Gasteiger partial charge in [0.2, 0.25) is 0 Å². The third-order valence-corrected chi connectivity index (χ3v) is 1.81. The number of hydrogen-bond donors (Lipinski definition) is 1. The number of phenols is 1. The van der Waals surface area contributed by atoms with Crippen LogP contribution >= 0.6 is 0 Å². The molecule has 0 bridgehead atoms. The molecule has 1 aromatic rings. The first-order chi connectivity index (χ1) is 5.41. The lowest BCUT2D eigenvalue weighted by Crippen LogP contribution is -2.10. The zero-order chi connectivity index (χ0) is 9.35. The molecule has 0 aliphatic heterocycles. The van der Waals surface area contributed by atoms with Crippen molar-refractivity contribution in [3.05, 3.63) is 23.8 Å². The molecule has 0 atom stereocenters. The molecule has 1 aromatic carbocycles. The number of benzene rings is 1. The molecule has 0 saturated carbocycles. The fourth-order valence-corrected chi connectivity index (χ4v) is 1.15. The van der Waals surface area contributed by atoms with E-state index in [1.54, 1.807) is 12.1 Å². The summed E-state index contributed by atoms with van der Waals surface area (Å²) in [5.41, 5.74) is 0.804. The highest BCUT2D eigenvalue weighted by atomic mass is 16.3. The average molecular weight is 167 g/mol. The average Bonchev–Trinajstić information content (AvgIpc) is 1.92. The zero-order valence-corrected chi connectivity index (χ0v) is 7.68. The molecule has 0 radical (unpaired) electrons. The van der Waals surface area contributed by atoms with Crippen LogP contribution in [0, 0.1) is 0 Å². The second kappa shape index (κ2) is 2.70. The third-order valence-electron chi connectivity index (χ3n) is 1.81. The fourth-order valence-electron chi connectivity index (χ4n) is 1.15. The molecule has 2 heteroatoms. The van der Waals surface area contributed by atoms with Crippen LogP contribution in [-0.2, 0) is 5.41 Å². The van der Waals surface area contributed by atoms with E-state index in [0.717, 1.165) is 5.56 Å². The first-order valence-electron chi connectivity index (χ1n) is 3.96. The molecular formula is C10H15O2+. The number of rotatable bonds is 0. The van der Waals surface area contributed by atoms with Crippen LogP contribution in [0.15, 0.2) is 18.2 Å². The summed E-state index contributed by atoms with van der Waals surface area (Å²) in [5, 5.41) is 16.8. The van der Waals surface area contributed by atoms with E-state index in [-0.39, 0.29) is 11.2 Å². The van der Waals surface area contributed by atoms with Crippen LogP contribution in [0.1, 0.15) is 26.3 Å². The topological polar surface area (TPSA) is 43.1 Å². The van der Waals surface area contributed by atoms with Crippen LogP contribution in [0.4, 0.5) is 0 Å². The maximum absolute atomic E-state index is 9.22. The molecule has 0 heterocycles. The van der Waals surface area contributed by atoms with Gasteiger partial charge in [-0.25, -0.2) is 0 Å². The monoisotopic (exact) mass is 167 g/mol. The summed E-state index contributed by atoms with van der Waals surface area (Å²) in [7, 11) is 0. The Hall–Kier alpha value is -1.18. The van der Waals surface area contributed by atoms with Gasteiger partial charge in [-0.15, -0.1) is 0 Å². The highest BCUT2D eigenvalue weighted by Gasteiger charge is 2.20. The van der Waals surface area contributed by atoms with Gasteiger partial charge in [-0.2, -0.15) is 0 Å². The van der Waals surface area contributed by atoms with Crippen LogP contribution in [0.3, 0.4) is 0 Å². The van der Waals surface area contributed by atoms with Gasteiger partial charge in [0, 0.05) is 6.07 Å². The molecule has 12 heavy (non-hydrogen) atoms. The molecule has 0 aliphatic carbocycles. The molecule has 0 aromatic heterocycles. The molecule has 0 unspecified atom stereocenters. The molecule has 0 saturated heterocycles. The summed E-state index contributed by atoms with van der Waals surface area (Å²) in [5.74, 6) is 0.719.